The van der Waals surface area contributed by atoms with Gasteiger partial charge in [-0.05, 0) is 65.2 Å². The van der Waals surface area contributed by atoms with E-state index in [9.17, 15) is 0 Å². The average Bonchev–Trinajstić information content (AvgIpc) is 3.82. The fourth-order valence-corrected chi connectivity index (χ4v) is 7.47. The third-order valence-corrected chi connectivity index (χ3v) is 9.91. The van der Waals surface area contributed by atoms with E-state index in [-0.39, 0.29) is 26.8 Å². The van der Waals surface area contributed by atoms with Gasteiger partial charge in [0.25, 0.3) is 6.71 Å². The molecule has 0 spiro atoms. The summed E-state index contributed by atoms with van der Waals surface area (Å²) < 4.78 is 15.4. The molecule has 7 aromatic carbocycles. The number of fused-ring (bicyclic) bond motifs is 6. The normalized spacial score (nSPS) is 11.6. The van der Waals surface area contributed by atoms with Crippen LogP contribution < -0.4 is 21.1 Å². The predicted octanol–water partition coefficient (Wildman–Crippen LogP) is 9.56. The summed E-state index contributed by atoms with van der Waals surface area (Å²) in [7, 11) is 0. The minimum Gasteiger partial charge on any atom is -0.501 e. The monoisotopic (exact) mass is 884 g/mol. The standard InChI is InChI=1S/C37H22BN2O2.C11H8N.Ir/c1-3-12-24(13-4-1)38-29-18-7-10-21-33(29)41-35-22-28-26-16-11-17-27(36(26)42-34(28)23-30(35)38)37-39-31-19-8-9-20-32(31)40(37)25-14-5-2-6-15-25;1-2-6-10(7-3-1)11-8-4-5-9-12-11;/h1-16,18-23H;1-6,8-9H;/q2*-1;. The molecule has 4 heterocycles. The molecule has 10 aromatic rings. The number of aromatic nitrogens is 3. The van der Waals surface area contributed by atoms with Crippen LogP contribution in [-0.4, -0.2) is 21.2 Å². The molecule has 3 aromatic heterocycles. The van der Waals surface area contributed by atoms with Gasteiger partial charge < -0.3 is 18.7 Å². The Morgan fingerprint density at radius 2 is 1.36 bits per heavy atom. The van der Waals surface area contributed by atoms with Crippen LogP contribution in [0.15, 0.2) is 187 Å². The minimum absolute atomic E-state index is 0. The molecule has 263 valence electrons. The molecule has 11 rings (SSSR count). The molecular formula is C48H30BIrN3O2-2. The number of ether oxygens (including phenoxy) is 1. The van der Waals surface area contributed by atoms with Crippen molar-refractivity contribution >= 4 is 56.1 Å². The zero-order valence-corrected chi connectivity index (χ0v) is 31.8. The van der Waals surface area contributed by atoms with Gasteiger partial charge in [0.15, 0.2) is 0 Å². The second-order valence-corrected chi connectivity index (χ2v) is 13.2. The maximum Gasteiger partial charge on any atom is 0.251 e. The van der Waals surface area contributed by atoms with Gasteiger partial charge in [0.1, 0.15) is 17.1 Å². The van der Waals surface area contributed by atoms with Crippen molar-refractivity contribution in [3.05, 3.63) is 194 Å². The summed E-state index contributed by atoms with van der Waals surface area (Å²) in [4.78, 5) is 9.30. The zero-order valence-electron chi connectivity index (χ0n) is 29.4. The molecule has 5 nitrogen and oxygen atoms in total. The topological polar surface area (TPSA) is 53.1 Å². The molecular weight excluding hydrogens is 854 g/mol. The summed E-state index contributed by atoms with van der Waals surface area (Å²) in [6.45, 7) is 0.0390. The Kier molecular flexibility index (Phi) is 9.17. The number of furan rings is 1. The molecule has 1 aliphatic rings. The second-order valence-electron chi connectivity index (χ2n) is 13.2. The van der Waals surface area contributed by atoms with E-state index in [1.165, 1.54) is 5.46 Å². The molecule has 0 saturated carbocycles. The van der Waals surface area contributed by atoms with E-state index in [1.54, 1.807) is 6.20 Å². The number of hydrogen-bond acceptors (Lipinski definition) is 4. The van der Waals surface area contributed by atoms with Crippen LogP contribution in [0.3, 0.4) is 0 Å². The Morgan fingerprint density at radius 1 is 0.600 bits per heavy atom. The van der Waals surface area contributed by atoms with E-state index in [1.807, 2.05) is 97.1 Å². The van der Waals surface area contributed by atoms with Crippen molar-refractivity contribution in [2.45, 2.75) is 0 Å². The molecule has 0 saturated heterocycles. The van der Waals surface area contributed by atoms with Crippen LogP contribution in [0.1, 0.15) is 0 Å². The van der Waals surface area contributed by atoms with Crippen molar-refractivity contribution in [2.75, 3.05) is 0 Å². The van der Waals surface area contributed by atoms with Gasteiger partial charge in [0, 0.05) is 37.4 Å². The summed E-state index contributed by atoms with van der Waals surface area (Å²) in [5.41, 5.74) is 10.9. The Hall–Kier alpha value is -6.53. The van der Waals surface area contributed by atoms with Gasteiger partial charge in [-0.15, -0.1) is 54.1 Å². The Balaban J connectivity index is 0.000000261. The van der Waals surface area contributed by atoms with Crippen molar-refractivity contribution < 1.29 is 29.3 Å². The summed E-state index contributed by atoms with van der Waals surface area (Å²) in [5, 5.41) is 2.01. The van der Waals surface area contributed by atoms with E-state index >= 15 is 0 Å². The number of para-hydroxylation sites is 4. The number of rotatable bonds is 4. The maximum absolute atomic E-state index is 6.72. The summed E-state index contributed by atoms with van der Waals surface area (Å²) in [5.74, 6) is 2.53. The zero-order chi connectivity index (χ0) is 35.8. The van der Waals surface area contributed by atoms with Crippen LogP contribution in [0, 0.1) is 12.1 Å². The minimum atomic E-state index is 0. The SMILES string of the molecule is [Ir].[c-]1ccc2c(oc3cc4c(cc32)Oc2ccccc2B4c2ccccc2)c1-c1nc2ccccc2n1-c1ccccc1.[c-]1ccccc1-c1ccccn1. The number of pyridine rings is 1. The summed E-state index contributed by atoms with van der Waals surface area (Å²) in [6, 6.07) is 66.0. The van der Waals surface area contributed by atoms with Crippen molar-refractivity contribution in [3.8, 4) is 39.8 Å². The third kappa shape index (κ3) is 6.24. The van der Waals surface area contributed by atoms with Gasteiger partial charge in [-0.3, -0.25) is 4.98 Å². The maximum atomic E-state index is 6.72. The fourth-order valence-electron chi connectivity index (χ4n) is 7.47. The third-order valence-electron chi connectivity index (χ3n) is 9.91. The first-order chi connectivity index (χ1) is 26.8. The number of benzene rings is 7. The first-order valence-electron chi connectivity index (χ1n) is 17.9. The van der Waals surface area contributed by atoms with Gasteiger partial charge in [0.05, 0.1) is 22.4 Å². The number of imidazole rings is 1. The van der Waals surface area contributed by atoms with Crippen LogP contribution in [0.2, 0.25) is 0 Å². The molecule has 1 radical (unpaired) electrons. The van der Waals surface area contributed by atoms with Gasteiger partial charge >= 0.3 is 0 Å². The molecule has 1 aliphatic heterocycles. The van der Waals surface area contributed by atoms with Crippen LogP contribution in [0.5, 0.6) is 11.5 Å². The van der Waals surface area contributed by atoms with Crippen LogP contribution in [-0.2, 0) is 20.1 Å². The first kappa shape index (κ1) is 34.3. The quantitative estimate of drug-likeness (QED) is 0.131. The second kappa shape index (κ2) is 14.7. The average molecular weight is 884 g/mol. The Labute approximate surface area is 332 Å². The predicted molar refractivity (Wildman–Crippen MR) is 219 cm³/mol. The smallest absolute Gasteiger partial charge is 0.251 e. The van der Waals surface area contributed by atoms with E-state index in [4.69, 9.17) is 14.1 Å². The van der Waals surface area contributed by atoms with E-state index in [2.05, 4.69) is 101 Å². The van der Waals surface area contributed by atoms with Gasteiger partial charge in [0.2, 0.25) is 0 Å². The van der Waals surface area contributed by atoms with Crippen molar-refractivity contribution in [1.29, 1.82) is 0 Å². The largest absolute Gasteiger partial charge is 0.501 e. The molecule has 0 atom stereocenters. The number of hydrogen-bond donors (Lipinski definition) is 0. The molecule has 0 unspecified atom stereocenters. The molecule has 0 amide bonds. The molecule has 0 N–H and O–H groups in total. The van der Waals surface area contributed by atoms with Crippen molar-refractivity contribution in [1.82, 2.24) is 14.5 Å². The van der Waals surface area contributed by atoms with Crippen LogP contribution >= 0.6 is 0 Å². The van der Waals surface area contributed by atoms with E-state index in [0.29, 0.717) is 0 Å². The molecule has 0 bridgehead atoms. The first-order valence-corrected chi connectivity index (χ1v) is 17.9. The Bertz CT molecular complexity index is 2880. The molecule has 0 fully saturated rings. The fraction of sp³-hybridized carbons (Fsp3) is 0. The summed E-state index contributed by atoms with van der Waals surface area (Å²) >= 11 is 0. The van der Waals surface area contributed by atoms with Gasteiger partial charge in [-0.1, -0.05) is 107 Å². The van der Waals surface area contributed by atoms with Gasteiger partial charge in [-0.2, -0.15) is 0 Å². The van der Waals surface area contributed by atoms with Crippen molar-refractivity contribution in [2.24, 2.45) is 0 Å². The summed E-state index contributed by atoms with van der Waals surface area (Å²) in [6.07, 6.45) is 1.79. The van der Waals surface area contributed by atoms with E-state index in [0.717, 1.165) is 83.7 Å². The van der Waals surface area contributed by atoms with E-state index < -0.39 is 0 Å². The Morgan fingerprint density at radius 3 is 2.18 bits per heavy atom. The van der Waals surface area contributed by atoms with Crippen LogP contribution in [0.4, 0.5) is 0 Å². The number of nitrogens with zero attached hydrogens (tertiary/aromatic N) is 3. The van der Waals surface area contributed by atoms with Crippen molar-refractivity contribution in [3.63, 3.8) is 0 Å². The van der Waals surface area contributed by atoms with Crippen LogP contribution in [0.25, 0.3) is 61.3 Å². The molecule has 55 heavy (non-hydrogen) atoms. The molecule has 7 heteroatoms. The molecule has 0 aliphatic carbocycles. The van der Waals surface area contributed by atoms with Gasteiger partial charge in [-0.25, -0.2) is 0 Å².